The molecule has 0 saturated heterocycles. The van der Waals surface area contributed by atoms with Crippen molar-refractivity contribution in [3.05, 3.63) is 59.4 Å². The lowest BCUT2D eigenvalue weighted by Gasteiger charge is -2.08. The van der Waals surface area contributed by atoms with Crippen LogP contribution in [-0.4, -0.2) is 14.2 Å². The van der Waals surface area contributed by atoms with Gasteiger partial charge in [-0.05, 0) is 29.8 Å². The minimum absolute atomic E-state index is 0.250. The van der Waals surface area contributed by atoms with Gasteiger partial charge in [0, 0.05) is 5.56 Å². The summed E-state index contributed by atoms with van der Waals surface area (Å²) in [4.78, 5) is 0. The van der Waals surface area contributed by atoms with Crippen LogP contribution in [-0.2, 0) is 0 Å². The number of methoxy groups -OCH3 is 2. The molecule has 0 aliphatic carbocycles. The number of benzene rings is 2. The third-order valence-electron chi connectivity index (χ3n) is 3.00. The Morgan fingerprint density at radius 2 is 1.81 bits per heavy atom. The molecule has 4 heteroatoms. The van der Waals surface area contributed by atoms with Gasteiger partial charge in [-0.2, -0.15) is 5.26 Å². The number of ether oxygens (including phenoxy) is 2. The van der Waals surface area contributed by atoms with Crippen molar-refractivity contribution in [1.82, 2.24) is 0 Å². The average molecular weight is 283 g/mol. The molecule has 0 radical (unpaired) electrons. The van der Waals surface area contributed by atoms with Crippen LogP contribution in [0, 0.1) is 17.1 Å². The van der Waals surface area contributed by atoms with E-state index in [4.69, 9.17) is 9.47 Å². The molecular weight excluding hydrogens is 269 g/mol. The number of nitrogens with zero attached hydrogens (tertiary/aromatic N) is 1. The lowest BCUT2D eigenvalue weighted by Crippen LogP contribution is -1.91. The molecule has 106 valence electrons. The molecule has 0 fully saturated rings. The summed E-state index contributed by atoms with van der Waals surface area (Å²) in [7, 11) is 3.08. The molecule has 0 aliphatic heterocycles. The van der Waals surface area contributed by atoms with Gasteiger partial charge in [-0.1, -0.05) is 24.3 Å². The molecule has 0 amide bonds. The maximum absolute atomic E-state index is 13.8. The van der Waals surface area contributed by atoms with E-state index >= 15 is 0 Å². The quantitative estimate of drug-likeness (QED) is 0.631. The monoisotopic (exact) mass is 283 g/mol. The van der Waals surface area contributed by atoms with Crippen LogP contribution in [0.25, 0.3) is 11.6 Å². The van der Waals surface area contributed by atoms with E-state index in [0.717, 1.165) is 5.56 Å². The number of nitriles is 1. The van der Waals surface area contributed by atoms with E-state index in [-0.39, 0.29) is 11.1 Å². The number of rotatable bonds is 4. The highest BCUT2D eigenvalue weighted by Gasteiger charge is 2.08. The van der Waals surface area contributed by atoms with Crippen molar-refractivity contribution in [1.29, 1.82) is 5.26 Å². The van der Waals surface area contributed by atoms with Crippen molar-refractivity contribution in [2.24, 2.45) is 0 Å². The molecule has 0 spiro atoms. The molecule has 0 aliphatic rings. The molecule has 0 saturated carbocycles. The zero-order valence-electron chi connectivity index (χ0n) is 11.8. The molecule has 0 aromatic heterocycles. The Kier molecular flexibility index (Phi) is 4.57. The van der Waals surface area contributed by atoms with Gasteiger partial charge >= 0.3 is 0 Å². The first-order valence-electron chi connectivity index (χ1n) is 6.28. The normalized spacial score (nSPS) is 10.9. The van der Waals surface area contributed by atoms with Gasteiger partial charge < -0.3 is 9.47 Å². The van der Waals surface area contributed by atoms with E-state index in [1.165, 1.54) is 13.2 Å². The Morgan fingerprint density at radius 1 is 1.10 bits per heavy atom. The highest BCUT2D eigenvalue weighted by molar-refractivity contribution is 5.90. The smallest absolute Gasteiger partial charge is 0.161 e. The first-order valence-corrected chi connectivity index (χ1v) is 6.28. The Labute approximate surface area is 122 Å². The van der Waals surface area contributed by atoms with E-state index < -0.39 is 5.82 Å². The van der Waals surface area contributed by atoms with Gasteiger partial charge in [0.1, 0.15) is 5.82 Å². The fourth-order valence-electron chi connectivity index (χ4n) is 1.96. The van der Waals surface area contributed by atoms with Crippen LogP contribution in [0.4, 0.5) is 4.39 Å². The molecule has 2 aromatic rings. The van der Waals surface area contributed by atoms with Crippen molar-refractivity contribution in [2.75, 3.05) is 14.2 Å². The minimum Gasteiger partial charge on any atom is -0.493 e. The van der Waals surface area contributed by atoms with Crippen LogP contribution in [0.15, 0.2) is 42.5 Å². The molecule has 0 heterocycles. The SMILES string of the molecule is COc1ccc(C=C(C#N)c2ccccc2F)cc1OC. The van der Waals surface area contributed by atoms with Crippen LogP contribution in [0.3, 0.4) is 0 Å². The van der Waals surface area contributed by atoms with Gasteiger partial charge in [0.25, 0.3) is 0 Å². The molecular formula is C17H14FNO2. The zero-order chi connectivity index (χ0) is 15.2. The van der Waals surface area contributed by atoms with Gasteiger partial charge in [-0.3, -0.25) is 0 Å². The first kappa shape index (κ1) is 14.6. The van der Waals surface area contributed by atoms with Crippen LogP contribution in [0.2, 0.25) is 0 Å². The van der Waals surface area contributed by atoms with E-state index in [2.05, 4.69) is 0 Å². The molecule has 0 N–H and O–H groups in total. The average Bonchev–Trinajstić information content (AvgIpc) is 2.53. The van der Waals surface area contributed by atoms with E-state index in [0.29, 0.717) is 11.5 Å². The maximum Gasteiger partial charge on any atom is 0.161 e. The van der Waals surface area contributed by atoms with Crippen LogP contribution >= 0.6 is 0 Å². The molecule has 0 unspecified atom stereocenters. The highest BCUT2D eigenvalue weighted by Crippen LogP contribution is 2.29. The third kappa shape index (κ3) is 3.21. The number of hydrogen-bond acceptors (Lipinski definition) is 3. The van der Waals surface area contributed by atoms with Crippen molar-refractivity contribution in [3.63, 3.8) is 0 Å². The summed E-state index contributed by atoms with van der Waals surface area (Å²) in [5.41, 5.74) is 1.25. The van der Waals surface area contributed by atoms with Crippen molar-refractivity contribution < 1.29 is 13.9 Å². The molecule has 21 heavy (non-hydrogen) atoms. The van der Waals surface area contributed by atoms with Crippen molar-refractivity contribution in [2.45, 2.75) is 0 Å². The Hall–Kier alpha value is -2.80. The second kappa shape index (κ2) is 6.58. The zero-order valence-corrected chi connectivity index (χ0v) is 11.8. The van der Waals surface area contributed by atoms with Crippen LogP contribution in [0.5, 0.6) is 11.5 Å². The molecule has 3 nitrogen and oxygen atoms in total. The molecule has 2 rings (SSSR count). The minimum atomic E-state index is -0.425. The standard InChI is InChI=1S/C17H14FNO2/c1-20-16-8-7-12(10-17(16)21-2)9-13(11-19)14-5-3-4-6-15(14)18/h3-10H,1-2H3. The van der Waals surface area contributed by atoms with Gasteiger partial charge in [0.05, 0.1) is 25.9 Å². The predicted molar refractivity (Wildman–Crippen MR) is 79.4 cm³/mol. The largest absolute Gasteiger partial charge is 0.493 e. The fraction of sp³-hybridized carbons (Fsp3) is 0.118. The summed E-state index contributed by atoms with van der Waals surface area (Å²) < 4.78 is 24.1. The Morgan fingerprint density at radius 3 is 2.43 bits per heavy atom. The lowest BCUT2D eigenvalue weighted by molar-refractivity contribution is 0.355. The summed E-state index contributed by atoms with van der Waals surface area (Å²) in [6.45, 7) is 0. The van der Waals surface area contributed by atoms with E-state index in [9.17, 15) is 9.65 Å². The second-order valence-corrected chi connectivity index (χ2v) is 4.26. The van der Waals surface area contributed by atoms with Gasteiger partial charge in [0.15, 0.2) is 11.5 Å². The highest BCUT2D eigenvalue weighted by atomic mass is 19.1. The van der Waals surface area contributed by atoms with Crippen LogP contribution in [0.1, 0.15) is 11.1 Å². The fourth-order valence-corrected chi connectivity index (χ4v) is 1.96. The first-order chi connectivity index (χ1) is 10.2. The molecule has 0 atom stereocenters. The number of hydrogen-bond donors (Lipinski definition) is 0. The van der Waals surface area contributed by atoms with Crippen molar-refractivity contribution in [3.8, 4) is 17.6 Å². The van der Waals surface area contributed by atoms with Crippen molar-refractivity contribution >= 4 is 11.6 Å². The maximum atomic E-state index is 13.8. The molecule has 0 bridgehead atoms. The summed E-state index contributed by atoms with van der Waals surface area (Å²) >= 11 is 0. The number of allylic oxidation sites excluding steroid dienone is 1. The van der Waals surface area contributed by atoms with Gasteiger partial charge in [-0.25, -0.2) is 4.39 Å². The summed E-state index contributed by atoms with van der Waals surface area (Å²) in [6, 6.07) is 13.5. The topological polar surface area (TPSA) is 42.2 Å². The third-order valence-corrected chi connectivity index (χ3v) is 3.00. The summed E-state index contributed by atoms with van der Waals surface area (Å²) in [5.74, 6) is 0.724. The Balaban J connectivity index is 2.46. The van der Waals surface area contributed by atoms with Gasteiger partial charge in [-0.15, -0.1) is 0 Å². The second-order valence-electron chi connectivity index (χ2n) is 4.26. The summed E-state index contributed by atoms with van der Waals surface area (Å²) in [6.07, 6.45) is 1.61. The van der Waals surface area contributed by atoms with Crippen LogP contribution < -0.4 is 9.47 Å². The number of halogens is 1. The Bertz CT molecular complexity index is 717. The van der Waals surface area contributed by atoms with Gasteiger partial charge in [0.2, 0.25) is 0 Å². The van der Waals surface area contributed by atoms with E-state index in [1.54, 1.807) is 49.6 Å². The molecule has 2 aromatic carbocycles. The lowest BCUT2D eigenvalue weighted by atomic mass is 10.0. The summed E-state index contributed by atoms with van der Waals surface area (Å²) in [5, 5.41) is 9.25. The van der Waals surface area contributed by atoms with E-state index in [1.807, 2.05) is 6.07 Å². The predicted octanol–water partition coefficient (Wildman–Crippen LogP) is 3.91.